The van der Waals surface area contributed by atoms with Gasteiger partial charge in [-0.3, -0.25) is 10.1 Å². The predicted molar refractivity (Wildman–Crippen MR) is 85.5 cm³/mol. The van der Waals surface area contributed by atoms with Gasteiger partial charge >= 0.3 is 5.97 Å². The zero-order valence-electron chi connectivity index (χ0n) is 13.9. The van der Waals surface area contributed by atoms with Crippen molar-refractivity contribution in [1.29, 1.82) is 0 Å². The number of carboxylic acid groups (broad SMARTS) is 1. The fourth-order valence-corrected chi connectivity index (χ4v) is 4.23. The van der Waals surface area contributed by atoms with Crippen LogP contribution in [-0.4, -0.2) is 46.7 Å². The molecule has 1 heterocycles. The molecular formula is C17H32N2O2. The second kappa shape index (κ2) is 7.10. The van der Waals surface area contributed by atoms with Gasteiger partial charge in [0, 0.05) is 12.1 Å². The zero-order valence-corrected chi connectivity index (χ0v) is 13.9. The quantitative estimate of drug-likeness (QED) is 0.819. The van der Waals surface area contributed by atoms with Crippen molar-refractivity contribution >= 4 is 5.97 Å². The summed E-state index contributed by atoms with van der Waals surface area (Å²) in [6, 6.07) is 0.663. The van der Waals surface area contributed by atoms with Crippen LogP contribution < -0.4 is 5.32 Å². The minimum atomic E-state index is -0.699. The summed E-state index contributed by atoms with van der Waals surface area (Å²) in [7, 11) is 0. The maximum atomic E-state index is 11.8. The molecule has 4 heteroatoms. The van der Waals surface area contributed by atoms with E-state index in [0.29, 0.717) is 6.04 Å². The molecule has 2 fully saturated rings. The second-order valence-electron chi connectivity index (χ2n) is 7.32. The Bertz CT molecular complexity index is 359. The van der Waals surface area contributed by atoms with Crippen molar-refractivity contribution in [2.75, 3.05) is 13.1 Å². The molecule has 2 rings (SSSR count). The van der Waals surface area contributed by atoms with Crippen molar-refractivity contribution in [3.63, 3.8) is 0 Å². The average Bonchev–Trinajstić information content (AvgIpc) is 2.71. The lowest BCUT2D eigenvalue weighted by molar-refractivity contribution is -0.145. The van der Waals surface area contributed by atoms with Gasteiger partial charge in [-0.25, -0.2) is 0 Å². The van der Waals surface area contributed by atoms with E-state index >= 15 is 0 Å². The van der Waals surface area contributed by atoms with Gasteiger partial charge in [0.05, 0.1) is 0 Å². The molecule has 122 valence electrons. The highest BCUT2D eigenvalue weighted by Crippen LogP contribution is 2.35. The van der Waals surface area contributed by atoms with Crippen LogP contribution in [0.2, 0.25) is 0 Å². The molecule has 2 N–H and O–H groups in total. The van der Waals surface area contributed by atoms with Crippen LogP contribution in [0.4, 0.5) is 0 Å². The number of carbonyl (C=O) groups is 1. The molecule has 0 aromatic heterocycles. The average molecular weight is 296 g/mol. The highest BCUT2D eigenvalue weighted by Gasteiger charge is 2.47. The summed E-state index contributed by atoms with van der Waals surface area (Å²) in [4.78, 5) is 14.3. The second-order valence-corrected chi connectivity index (χ2v) is 7.32. The molecule has 0 amide bonds. The molecule has 21 heavy (non-hydrogen) atoms. The number of hydrogen-bond donors (Lipinski definition) is 2. The summed E-state index contributed by atoms with van der Waals surface area (Å²) < 4.78 is 0. The molecule has 1 saturated heterocycles. The first-order chi connectivity index (χ1) is 9.97. The van der Waals surface area contributed by atoms with E-state index in [2.05, 4.69) is 17.1 Å². The van der Waals surface area contributed by atoms with Crippen LogP contribution in [0.25, 0.3) is 0 Å². The molecule has 0 aromatic rings. The summed E-state index contributed by atoms with van der Waals surface area (Å²) in [6.07, 6.45) is 7.72. The molecule has 3 unspecified atom stereocenters. The summed E-state index contributed by atoms with van der Waals surface area (Å²) in [5.41, 5.74) is -0.699. The molecule has 2 aliphatic rings. The van der Waals surface area contributed by atoms with E-state index in [1.165, 1.54) is 25.7 Å². The third kappa shape index (κ3) is 3.98. The molecule has 0 spiro atoms. The largest absolute Gasteiger partial charge is 0.480 e. The van der Waals surface area contributed by atoms with Crippen LogP contribution in [0.15, 0.2) is 0 Å². The van der Waals surface area contributed by atoms with E-state index in [0.717, 1.165) is 38.3 Å². The Labute approximate surface area is 129 Å². The first-order valence-electron chi connectivity index (χ1n) is 8.72. The number of aliphatic carboxylic acids is 1. The minimum absolute atomic E-state index is 0.216. The molecule has 1 aliphatic heterocycles. The summed E-state index contributed by atoms with van der Waals surface area (Å²) in [5, 5.41) is 13.0. The Kier molecular flexibility index (Phi) is 5.67. The van der Waals surface area contributed by atoms with Gasteiger partial charge in [-0.1, -0.05) is 13.3 Å². The molecule has 0 bridgehead atoms. The van der Waals surface area contributed by atoms with Crippen LogP contribution in [-0.2, 0) is 4.79 Å². The third-order valence-electron chi connectivity index (χ3n) is 5.44. The molecule has 3 atom stereocenters. The summed E-state index contributed by atoms with van der Waals surface area (Å²) in [5.74, 6) is 0.203. The van der Waals surface area contributed by atoms with E-state index in [1.54, 1.807) is 0 Å². The highest BCUT2D eigenvalue weighted by atomic mass is 16.4. The number of hydrogen-bond acceptors (Lipinski definition) is 3. The van der Waals surface area contributed by atoms with E-state index < -0.39 is 11.5 Å². The normalized spacial score (nSPS) is 35.0. The molecule has 1 saturated carbocycles. The van der Waals surface area contributed by atoms with Crippen LogP contribution in [0.1, 0.15) is 65.7 Å². The van der Waals surface area contributed by atoms with Crippen LogP contribution in [0.5, 0.6) is 0 Å². The maximum absolute atomic E-state index is 11.8. The number of likely N-dealkylation sites (tertiary alicyclic amines) is 1. The van der Waals surface area contributed by atoms with Gasteiger partial charge < -0.3 is 10.0 Å². The smallest absolute Gasteiger partial charge is 0.323 e. The van der Waals surface area contributed by atoms with Crippen molar-refractivity contribution in [2.45, 2.75) is 83.3 Å². The van der Waals surface area contributed by atoms with Crippen LogP contribution >= 0.6 is 0 Å². The van der Waals surface area contributed by atoms with E-state index in [9.17, 15) is 9.90 Å². The summed E-state index contributed by atoms with van der Waals surface area (Å²) in [6.45, 7) is 8.67. The first kappa shape index (κ1) is 16.8. The number of carboxylic acids is 1. The van der Waals surface area contributed by atoms with Gasteiger partial charge in [-0.15, -0.1) is 0 Å². The van der Waals surface area contributed by atoms with Gasteiger partial charge in [0.2, 0.25) is 0 Å². The Morgan fingerprint density at radius 2 is 2.10 bits per heavy atom. The topological polar surface area (TPSA) is 52.6 Å². The van der Waals surface area contributed by atoms with E-state index in [-0.39, 0.29) is 6.04 Å². The van der Waals surface area contributed by atoms with Gasteiger partial charge in [-0.2, -0.15) is 0 Å². The van der Waals surface area contributed by atoms with Crippen molar-refractivity contribution in [1.82, 2.24) is 10.2 Å². The lowest BCUT2D eigenvalue weighted by atomic mass is 9.96. The lowest BCUT2D eigenvalue weighted by Gasteiger charge is -2.31. The Balaban J connectivity index is 1.98. The standard InChI is InChI=1S/C17H32N2O2/c1-4-14-6-5-10-19(11-8-14)15-7-9-17(12-15,16(20)21)18-13(2)3/h13-15,18H,4-12H2,1-3H3,(H,20,21). The first-order valence-corrected chi connectivity index (χ1v) is 8.72. The minimum Gasteiger partial charge on any atom is -0.480 e. The molecule has 0 radical (unpaired) electrons. The number of nitrogens with one attached hydrogen (secondary N) is 1. The van der Waals surface area contributed by atoms with E-state index in [4.69, 9.17) is 0 Å². The number of nitrogens with zero attached hydrogens (tertiary/aromatic N) is 1. The maximum Gasteiger partial charge on any atom is 0.323 e. The summed E-state index contributed by atoms with van der Waals surface area (Å²) >= 11 is 0. The Hall–Kier alpha value is -0.610. The van der Waals surface area contributed by atoms with Gasteiger partial charge in [0.25, 0.3) is 0 Å². The lowest BCUT2D eigenvalue weighted by Crippen LogP contribution is -2.54. The highest BCUT2D eigenvalue weighted by molar-refractivity contribution is 5.79. The van der Waals surface area contributed by atoms with Crippen LogP contribution in [0, 0.1) is 5.92 Å². The molecule has 1 aliphatic carbocycles. The SMILES string of the molecule is CCC1CCCN(C2CCC(NC(C)C)(C(=O)O)C2)CC1. The monoisotopic (exact) mass is 296 g/mol. The zero-order chi connectivity index (χ0) is 15.5. The Morgan fingerprint density at radius 3 is 2.71 bits per heavy atom. The number of rotatable bonds is 5. The van der Waals surface area contributed by atoms with Crippen molar-refractivity contribution in [3.05, 3.63) is 0 Å². The van der Waals surface area contributed by atoms with Gasteiger partial charge in [0.1, 0.15) is 5.54 Å². The molecule has 4 nitrogen and oxygen atoms in total. The van der Waals surface area contributed by atoms with E-state index in [1.807, 2.05) is 13.8 Å². The Morgan fingerprint density at radius 1 is 1.33 bits per heavy atom. The van der Waals surface area contributed by atoms with Gasteiger partial charge in [0.15, 0.2) is 0 Å². The predicted octanol–water partition coefficient (Wildman–Crippen LogP) is 2.87. The van der Waals surface area contributed by atoms with Crippen molar-refractivity contribution in [2.24, 2.45) is 5.92 Å². The molecular weight excluding hydrogens is 264 g/mol. The fourth-order valence-electron chi connectivity index (χ4n) is 4.23. The van der Waals surface area contributed by atoms with Crippen molar-refractivity contribution < 1.29 is 9.90 Å². The van der Waals surface area contributed by atoms with Gasteiger partial charge in [-0.05, 0) is 71.4 Å². The fraction of sp³-hybridized carbons (Fsp3) is 0.941. The third-order valence-corrected chi connectivity index (χ3v) is 5.44. The van der Waals surface area contributed by atoms with Crippen molar-refractivity contribution in [3.8, 4) is 0 Å². The van der Waals surface area contributed by atoms with Crippen LogP contribution in [0.3, 0.4) is 0 Å². The molecule has 0 aromatic carbocycles.